The molecule has 1 heteroatoms. The minimum atomic E-state index is 0.734. The largest absolute Gasteiger partial charge is 0.298 e. The van der Waals surface area contributed by atoms with Gasteiger partial charge in [0.25, 0.3) is 0 Å². The van der Waals surface area contributed by atoms with Crippen LogP contribution in [-0.4, -0.2) is 23.5 Å². The van der Waals surface area contributed by atoms with Gasteiger partial charge < -0.3 is 0 Å². The van der Waals surface area contributed by atoms with Crippen LogP contribution in [0.25, 0.3) is 0 Å². The molecule has 0 aromatic carbocycles. The van der Waals surface area contributed by atoms with Crippen LogP contribution >= 0.6 is 0 Å². The summed E-state index contributed by atoms with van der Waals surface area (Å²) in [7, 11) is 0. The Hall–Kier alpha value is -0.0400. The van der Waals surface area contributed by atoms with Crippen molar-refractivity contribution in [1.82, 2.24) is 4.90 Å². The van der Waals surface area contributed by atoms with Crippen molar-refractivity contribution >= 4 is 0 Å². The fraction of sp³-hybridized carbons (Fsp3) is 1.00. The molecule has 1 nitrogen and oxygen atoms in total. The van der Waals surface area contributed by atoms with Crippen LogP contribution in [-0.2, 0) is 0 Å². The maximum absolute atomic E-state index is 2.61. The molecule has 2 atom stereocenters. The zero-order valence-electron chi connectivity index (χ0n) is 8.30. The number of nitrogens with zero attached hydrogens (tertiary/aromatic N) is 1. The molecule has 0 amide bonds. The van der Waals surface area contributed by atoms with E-state index in [1.807, 2.05) is 0 Å². The summed E-state index contributed by atoms with van der Waals surface area (Å²) in [6.07, 6.45) is 2.78. The molecule has 1 saturated heterocycles. The lowest BCUT2D eigenvalue weighted by atomic mass is 9.92. The van der Waals surface area contributed by atoms with Crippen molar-refractivity contribution in [2.45, 2.75) is 52.6 Å². The zero-order valence-corrected chi connectivity index (χ0v) is 8.30. The molecular formula is C10H21N. The molecule has 0 unspecified atom stereocenters. The Balaban J connectivity index is 2.44. The van der Waals surface area contributed by atoms with Crippen molar-refractivity contribution in [3.05, 3.63) is 0 Å². The smallest absolute Gasteiger partial charge is 0.00721 e. The SMILES string of the molecule is CC(C)N1CC[C@@H](C)C[C@H]1C. The standard InChI is InChI=1S/C10H21N/c1-8(2)11-6-5-9(3)7-10(11)4/h8-10H,5-7H2,1-4H3/t9-,10-/m1/s1. The molecule has 0 N–H and O–H groups in total. The summed E-state index contributed by atoms with van der Waals surface area (Å²) in [5.41, 5.74) is 0. The first-order valence-electron chi connectivity index (χ1n) is 4.87. The Bertz CT molecular complexity index is 120. The van der Waals surface area contributed by atoms with Gasteiger partial charge in [0.15, 0.2) is 0 Å². The molecule has 1 fully saturated rings. The molecule has 0 aliphatic carbocycles. The van der Waals surface area contributed by atoms with Gasteiger partial charge in [-0.25, -0.2) is 0 Å². The minimum Gasteiger partial charge on any atom is -0.298 e. The zero-order chi connectivity index (χ0) is 8.43. The van der Waals surface area contributed by atoms with Crippen molar-refractivity contribution in [3.63, 3.8) is 0 Å². The summed E-state index contributed by atoms with van der Waals surface area (Å²) in [5.74, 6) is 0.944. The van der Waals surface area contributed by atoms with Crippen LogP contribution in [0.1, 0.15) is 40.5 Å². The van der Waals surface area contributed by atoms with E-state index < -0.39 is 0 Å². The third-order valence-electron chi connectivity index (χ3n) is 2.85. The second-order valence-corrected chi connectivity index (χ2v) is 4.31. The third-order valence-corrected chi connectivity index (χ3v) is 2.85. The molecule has 0 spiro atoms. The van der Waals surface area contributed by atoms with Gasteiger partial charge in [-0.3, -0.25) is 4.90 Å². The quantitative estimate of drug-likeness (QED) is 0.562. The molecule has 1 aliphatic heterocycles. The van der Waals surface area contributed by atoms with Gasteiger partial charge in [0.05, 0.1) is 0 Å². The first-order chi connectivity index (χ1) is 5.11. The number of rotatable bonds is 1. The molecule has 1 aliphatic rings. The first-order valence-corrected chi connectivity index (χ1v) is 4.87. The van der Waals surface area contributed by atoms with Crippen molar-refractivity contribution in [2.24, 2.45) is 5.92 Å². The van der Waals surface area contributed by atoms with Crippen LogP contribution < -0.4 is 0 Å². The normalized spacial score (nSPS) is 34.6. The Morgan fingerprint density at radius 2 is 1.91 bits per heavy atom. The summed E-state index contributed by atoms with van der Waals surface area (Å²) in [6, 6.07) is 1.54. The van der Waals surface area contributed by atoms with E-state index >= 15 is 0 Å². The van der Waals surface area contributed by atoms with Crippen molar-refractivity contribution in [2.75, 3.05) is 6.54 Å². The van der Waals surface area contributed by atoms with Crippen molar-refractivity contribution in [1.29, 1.82) is 0 Å². The maximum atomic E-state index is 2.61. The van der Waals surface area contributed by atoms with Crippen LogP contribution in [0.5, 0.6) is 0 Å². The molecule has 0 saturated carbocycles. The van der Waals surface area contributed by atoms with Gasteiger partial charge in [-0.2, -0.15) is 0 Å². The highest BCUT2D eigenvalue weighted by molar-refractivity contribution is 4.78. The van der Waals surface area contributed by atoms with E-state index in [0.717, 1.165) is 18.0 Å². The maximum Gasteiger partial charge on any atom is 0.00721 e. The molecule has 0 radical (unpaired) electrons. The van der Waals surface area contributed by atoms with Crippen LogP contribution in [0.4, 0.5) is 0 Å². The lowest BCUT2D eigenvalue weighted by Crippen LogP contribution is -2.44. The number of piperidine rings is 1. The average molecular weight is 155 g/mol. The summed E-state index contributed by atoms with van der Waals surface area (Å²) in [6.45, 7) is 10.6. The molecule has 0 aromatic rings. The monoisotopic (exact) mass is 155 g/mol. The van der Waals surface area contributed by atoms with Gasteiger partial charge in [0.1, 0.15) is 0 Å². The Kier molecular flexibility index (Phi) is 2.94. The van der Waals surface area contributed by atoms with E-state index in [1.54, 1.807) is 0 Å². The predicted molar refractivity (Wildman–Crippen MR) is 49.7 cm³/mol. The summed E-state index contributed by atoms with van der Waals surface area (Å²) < 4.78 is 0. The fourth-order valence-corrected chi connectivity index (χ4v) is 2.19. The van der Waals surface area contributed by atoms with Gasteiger partial charge in [-0.1, -0.05) is 6.92 Å². The lowest BCUT2D eigenvalue weighted by Gasteiger charge is -2.39. The molecule has 0 bridgehead atoms. The highest BCUT2D eigenvalue weighted by Crippen LogP contribution is 2.23. The molecule has 66 valence electrons. The Morgan fingerprint density at radius 3 is 2.36 bits per heavy atom. The van der Waals surface area contributed by atoms with Crippen LogP contribution in [0.2, 0.25) is 0 Å². The summed E-state index contributed by atoms with van der Waals surface area (Å²) >= 11 is 0. The van der Waals surface area contributed by atoms with E-state index in [-0.39, 0.29) is 0 Å². The van der Waals surface area contributed by atoms with Crippen LogP contribution in [0.3, 0.4) is 0 Å². The molecule has 1 heterocycles. The van der Waals surface area contributed by atoms with E-state index in [9.17, 15) is 0 Å². The van der Waals surface area contributed by atoms with E-state index in [0.29, 0.717) is 0 Å². The Labute approximate surface area is 70.8 Å². The second kappa shape index (κ2) is 3.57. The van der Waals surface area contributed by atoms with E-state index in [2.05, 4.69) is 32.6 Å². The Morgan fingerprint density at radius 1 is 1.27 bits per heavy atom. The summed E-state index contributed by atoms with van der Waals surface area (Å²) in [5, 5.41) is 0. The topological polar surface area (TPSA) is 3.24 Å². The molecule has 1 rings (SSSR count). The second-order valence-electron chi connectivity index (χ2n) is 4.31. The molecule has 11 heavy (non-hydrogen) atoms. The van der Waals surface area contributed by atoms with Gasteiger partial charge in [0, 0.05) is 12.1 Å². The number of likely N-dealkylation sites (tertiary alicyclic amines) is 1. The van der Waals surface area contributed by atoms with E-state index in [4.69, 9.17) is 0 Å². The lowest BCUT2D eigenvalue weighted by molar-refractivity contribution is 0.0974. The van der Waals surface area contributed by atoms with Crippen molar-refractivity contribution < 1.29 is 0 Å². The van der Waals surface area contributed by atoms with Gasteiger partial charge in [-0.15, -0.1) is 0 Å². The molecule has 0 aromatic heterocycles. The third kappa shape index (κ3) is 2.19. The molecular weight excluding hydrogens is 134 g/mol. The van der Waals surface area contributed by atoms with Crippen LogP contribution in [0.15, 0.2) is 0 Å². The number of hydrogen-bond donors (Lipinski definition) is 0. The van der Waals surface area contributed by atoms with Crippen LogP contribution in [0, 0.1) is 5.92 Å². The first kappa shape index (κ1) is 9.05. The highest BCUT2D eigenvalue weighted by atomic mass is 15.2. The van der Waals surface area contributed by atoms with Gasteiger partial charge in [-0.05, 0) is 46.1 Å². The van der Waals surface area contributed by atoms with Crippen molar-refractivity contribution in [3.8, 4) is 0 Å². The van der Waals surface area contributed by atoms with Gasteiger partial charge >= 0.3 is 0 Å². The predicted octanol–water partition coefficient (Wildman–Crippen LogP) is 2.52. The highest BCUT2D eigenvalue weighted by Gasteiger charge is 2.23. The number of hydrogen-bond acceptors (Lipinski definition) is 1. The fourth-order valence-electron chi connectivity index (χ4n) is 2.19. The minimum absolute atomic E-state index is 0.734. The van der Waals surface area contributed by atoms with E-state index in [1.165, 1.54) is 19.4 Å². The average Bonchev–Trinajstić information content (AvgIpc) is 1.85. The van der Waals surface area contributed by atoms with Gasteiger partial charge in [0.2, 0.25) is 0 Å². The summed E-state index contributed by atoms with van der Waals surface area (Å²) in [4.78, 5) is 2.61.